The van der Waals surface area contributed by atoms with Crippen LogP contribution < -0.4 is 5.32 Å². The number of hydrogen-bond acceptors (Lipinski definition) is 4. The number of para-hydroxylation sites is 1. The van der Waals surface area contributed by atoms with E-state index in [1.807, 2.05) is 53.2 Å². The van der Waals surface area contributed by atoms with E-state index in [2.05, 4.69) is 21.4 Å². The molecule has 0 aliphatic rings. The Morgan fingerprint density at radius 2 is 2.00 bits per heavy atom. The average Bonchev–Trinajstić information content (AvgIpc) is 3.01. The standard InChI is InChI=1S/C18H12ClN5/c19-12-5-6-18-23-14(11-24(18)10-12)9-21-17-7-13(8-20)22-16-4-2-1-3-15(16)17/h1-7,10-11H,9H2,(H,21,22). The molecule has 0 aliphatic carbocycles. The van der Waals surface area contributed by atoms with Crippen LogP contribution in [0.15, 0.2) is 54.9 Å². The van der Waals surface area contributed by atoms with Gasteiger partial charge in [0.15, 0.2) is 0 Å². The zero-order valence-electron chi connectivity index (χ0n) is 12.6. The maximum absolute atomic E-state index is 9.16. The number of halogens is 1. The van der Waals surface area contributed by atoms with Gasteiger partial charge in [0.2, 0.25) is 0 Å². The average molecular weight is 334 g/mol. The molecule has 24 heavy (non-hydrogen) atoms. The van der Waals surface area contributed by atoms with E-state index in [1.54, 1.807) is 6.07 Å². The molecule has 0 bridgehead atoms. The van der Waals surface area contributed by atoms with E-state index in [4.69, 9.17) is 16.9 Å². The van der Waals surface area contributed by atoms with Crippen molar-refractivity contribution in [2.75, 3.05) is 5.32 Å². The summed E-state index contributed by atoms with van der Waals surface area (Å²) < 4.78 is 1.89. The number of fused-ring (bicyclic) bond motifs is 2. The van der Waals surface area contributed by atoms with Crippen LogP contribution in [-0.2, 0) is 6.54 Å². The summed E-state index contributed by atoms with van der Waals surface area (Å²) >= 11 is 6.00. The monoisotopic (exact) mass is 333 g/mol. The van der Waals surface area contributed by atoms with Crippen LogP contribution in [0.4, 0.5) is 5.69 Å². The van der Waals surface area contributed by atoms with Gasteiger partial charge in [-0.3, -0.25) is 0 Å². The smallest absolute Gasteiger partial charge is 0.143 e. The third-order valence-electron chi connectivity index (χ3n) is 3.76. The number of pyridine rings is 2. The quantitative estimate of drug-likeness (QED) is 0.615. The first-order valence-corrected chi connectivity index (χ1v) is 7.77. The predicted molar refractivity (Wildman–Crippen MR) is 94.0 cm³/mol. The Kier molecular flexibility index (Phi) is 3.52. The van der Waals surface area contributed by atoms with E-state index in [0.29, 0.717) is 17.3 Å². The van der Waals surface area contributed by atoms with Gasteiger partial charge in [-0.2, -0.15) is 5.26 Å². The highest BCUT2D eigenvalue weighted by Gasteiger charge is 2.07. The summed E-state index contributed by atoms with van der Waals surface area (Å²) in [5.41, 5.74) is 3.77. The number of anilines is 1. The predicted octanol–water partition coefficient (Wildman–Crippen LogP) is 4.02. The number of aromatic nitrogens is 3. The Balaban J connectivity index is 1.67. The number of benzene rings is 1. The highest BCUT2D eigenvalue weighted by molar-refractivity contribution is 6.30. The Morgan fingerprint density at radius 3 is 2.88 bits per heavy atom. The minimum absolute atomic E-state index is 0.387. The summed E-state index contributed by atoms with van der Waals surface area (Å²) in [5.74, 6) is 0. The van der Waals surface area contributed by atoms with Gasteiger partial charge in [0.1, 0.15) is 17.4 Å². The van der Waals surface area contributed by atoms with Gasteiger partial charge in [0, 0.05) is 23.5 Å². The summed E-state index contributed by atoms with van der Waals surface area (Å²) in [6.45, 7) is 0.540. The summed E-state index contributed by atoms with van der Waals surface area (Å²) in [6, 6.07) is 15.3. The molecule has 4 aromatic rings. The number of nitrogens with zero attached hydrogens (tertiary/aromatic N) is 4. The molecule has 0 fully saturated rings. The zero-order valence-corrected chi connectivity index (χ0v) is 13.3. The van der Waals surface area contributed by atoms with Crippen LogP contribution in [0.3, 0.4) is 0 Å². The van der Waals surface area contributed by atoms with Crippen molar-refractivity contribution in [2.45, 2.75) is 6.54 Å². The van der Waals surface area contributed by atoms with Gasteiger partial charge >= 0.3 is 0 Å². The zero-order chi connectivity index (χ0) is 16.5. The fraction of sp³-hybridized carbons (Fsp3) is 0.0556. The molecule has 5 nitrogen and oxygen atoms in total. The third-order valence-corrected chi connectivity index (χ3v) is 3.98. The van der Waals surface area contributed by atoms with Crippen LogP contribution in [0.25, 0.3) is 16.6 Å². The molecule has 1 N–H and O–H groups in total. The molecule has 1 aromatic carbocycles. The topological polar surface area (TPSA) is 66.0 Å². The van der Waals surface area contributed by atoms with Crippen LogP contribution in [0.1, 0.15) is 11.4 Å². The van der Waals surface area contributed by atoms with Crippen molar-refractivity contribution in [3.63, 3.8) is 0 Å². The van der Waals surface area contributed by atoms with Crippen molar-refractivity contribution in [2.24, 2.45) is 0 Å². The third kappa shape index (κ3) is 2.64. The number of rotatable bonds is 3. The first kappa shape index (κ1) is 14.5. The summed E-state index contributed by atoms with van der Waals surface area (Å²) in [5, 5.41) is 14.2. The molecule has 3 aromatic heterocycles. The van der Waals surface area contributed by atoms with Crippen LogP contribution >= 0.6 is 11.6 Å². The fourth-order valence-corrected chi connectivity index (χ4v) is 2.84. The lowest BCUT2D eigenvalue weighted by atomic mass is 10.1. The van der Waals surface area contributed by atoms with E-state index in [1.165, 1.54) is 0 Å². The van der Waals surface area contributed by atoms with Gasteiger partial charge in [0.05, 0.1) is 22.8 Å². The largest absolute Gasteiger partial charge is 0.379 e. The second-order valence-corrected chi connectivity index (χ2v) is 5.82. The van der Waals surface area contributed by atoms with Crippen LogP contribution in [0.2, 0.25) is 5.02 Å². The lowest BCUT2D eigenvalue weighted by molar-refractivity contribution is 1.08. The molecule has 6 heteroatoms. The Hall–Kier alpha value is -3.10. The van der Waals surface area contributed by atoms with Crippen LogP contribution in [0, 0.1) is 11.3 Å². The first-order chi connectivity index (χ1) is 11.7. The SMILES string of the molecule is N#Cc1cc(NCc2cn3cc(Cl)ccc3n2)c2ccccc2n1. The van der Waals surface area contributed by atoms with Gasteiger partial charge in [-0.25, -0.2) is 9.97 Å². The lowest BCUT2D eigenvalue weighted by Gasteiger charge is -2.08. The molecule has 116 valence electrons. The number of nitrogens with one attached hydrogen (secondary N) is 1. The van der Waals surface area contributed by atoms with Gasteiger partial charge in [0.25, 0.3) is 0 Å². The minimum atomic E-state index is 0.387. The molecule has 4 rings (SSSR count). The lowest BCUT2D eigenvalue weighted by Crippen LogP contribution is -2.01. The van der Waals surface area contributed by atoms with Gasteiger partial charge in [-0.15, -0.1) is 0 Å². The van der Waals surface area contributed by atoms with Crippen LogP contribution in [0.5, 0.6) is 0 Å². The van der Waals surface area contributed by atoms with Crippen molar-refractivity contribution in [3.05, 3.63) is 71.3 Å². The number of nitriles is 1. The maximum Gasteiger partial charge on any atom is 0.143 e. The number of imidazole rings is 1. The molecule has 0 saturated heterocycles. The summed E-state index contributed by atoms with van der Waals surface area (Å²) in [7, 11) is 0. The number of hydrogen-bond donors (Lipinski definition) is 1. The molecule has 0 aliphatic heterocycles. The van der Waals surface area contributed by atoms with E-state index >= 15 is 0 Å². The Labute approximate surface area is 143 Å². The highest BCUT2D eigenvalue weighted by Crippen LogP contribution is 2.23. The van der Waals surface area contributed by atoms with Gasteiger partial charge in [-0.1, -0.05) is 29.8 Å². The molecular formula is C18H12ClN5. The maximum atomic E-state index is 9.16. The molecule has 0 amide bonds. The van der Waals surface area contributed by atoms with Crippen molar-refractivity contribution in [1.29, 1.82) is 5.26 Å². The molecule has 0 spiro atoms. The van der Waals surface area contributed by atoms with Crippen molar-refractivity contribution in [3.8, 4) is 6.07 Å². The van der Waals surface area contributed by atoms with Crippen molar-refractivity contribution >= 4 is 33.8 Å². The van der Waals surface area contributed by atoms with Gasteiger partial charge < -0.3 is 9.72 Å². The minimum Gasteiger partial charge on any atom is -0.379 e. The molecule has 0 atom stereocenters. The fourth-order valence-electron chi connectivity index (χ4n) is 2.67. The van der Waals surface area contributed by atoms with E-state index in [9.17, 15) is 0 Å². The second-order valence-electron chi connectivity index (χ2n) is 5.38. The Morgan fingerprint density at radius 1 is 1.12 bits per heavy atom. The summed E-state index contributed by atoms with van der Waals surface area (Å²) in [6.07, 6.45) is 3.76. The molecule has 0 radical (unpaired) electrons. The van der Waals surface area contributed by atoms with E-state index in [0.717, 1.165) is 27.9 Å². The summed E-state index contributed by atoms with van der Waals surface area (Å²) in [4.78, 5) is 8.87. The highest BCUT2D eigenvalue weighted by atomic mass is 35.5. The van der Waals surface area contributed by atoms with Crippen molar-refractivity contribution < 1.29 is 0 Å². The van der Waals surface area contributed by atoms with Crippen molar-refractivity contribution in [1.82, 2.24) is 14.4 Å². The molecule has 0 saturated carbocycles. The molecule has 3 heterocycles. The second kappa shape index (κ2) is 5.84. The van der Waals surface area contributed by atoms with Gasteiger partial charge in [-0.05, 0) is 24.3 Å². The van der Waals surface area contributed by atoms with Crippen LogP contribution in [-0.4, -0.2) is 14.4 Å². The Bertz CT molecular complexity index is 1090. The normalized spacial score (nSPS) is 10.8. The first-order valence-electron chi connectivity index (χ1n) is 7.40. The van der Waals surface area contributed by atoms with E-state index in [-0.39, 0.29) is 0 Å². The molecule has 0 unspecified atom stereocenters. The van der Waals surface area contributed by atoms with E-state index < -0.39 is 0 Å². The molecular weight excluding hydrogens is 322 g/mol.